The monoisotopic (exact) mass is 225 g/mol. The highest BCUT2D eigenvalue weighted by atomic mass is 16.5. The SMILES string of the molecule is O=C1C=COC(c2cccc3cccnc23)C1. The van der Waals surface area contributed by atoms with Gasteiger partial charge in [-0.1, -0.05) is 24.3 Å². The number of allylic oxidation sites excluding steroid dienone is 1. The zero-order valence-corrected chi connectivity index (χ0v) is 9.17. The summed E-state index contributed by atoms with van der Waals surface area (Å²) < 4.78 is 5.50. The quantitative estimate of drug-likeness (QED) is 0.749. The van der Waals surface area contributed by atoms with Crippen molar-refractivity contribution in [1.29, 1.82) is 0 Å². The summed E-state index contributed by atoms with van der Waals surface area (Å²) in [6, 6.07) is 9.84. The van der Waals surface area contributed by atoms with E-state index < -0.39 is 0 Å². The van der Waals surface area contributed by atoms with Gasteiger partial charge in [0.1, 0.15) is 6.10 Å². The molecule has 1 atom stereocenters. The molecule has 1 aromatic heterocycles. The molecule has 0 spiro atoms. The van der Waals surface area contributed by atoms with Gasteiger partial charge in [0.25, 0.3) is 0 Å². The highest BCUT2D eigenvalue weighted by Gasteiger charge is 2.20. The van der Waals surface area contributed by atoms with Crippen molar-refractivity contribution in [2.45, 2.75) is 12.5 Å². The maximum absolute atomic E-state index is 11.4. The summed E-state index contributed by atoms with van der Waals surface area (Å²) in [5.41, 5.74) is 1.88. The third-order valence-electron chi connectivity index (χ3n) is 2.89. The molecule has 0 bridgehead atoms. The van der Waals surface area contributed by atoms with E-state index in [4.69, 9.17) is 4.74 Å². The van der Waals surface area contributed by atoms with E-state index in [1.54, 1.807) is 6.20 Å². The van der Waals surface area contributed by atoms with Gasteiger partial charge in [0.05, 0.1) is 18.2 Å². The molecule has 0 saturated carbocycles. The second kappa shape index (κ2) is 4.01. The number of hydrogen-bond acceptors (Lipinski definition) is 3. The maximum Gasteiger partial charge on any atom is 0.162 e. The number of para-hydroxylation sites is 1. The van der Waals surface area contributed by atoms with Crippen molar-refractivity contribution in [2.24, 2.45) is 0 Å². The molecule has 17 heavy (non-hydrogen) atoms. The van der Waals surface area contributed by atoms with Crippen molar-refractivity contribution in [3.05, 3.63) is 54.4 Å². The molecule has 3 nitrogen and oxygen atoms in total. The first-order chi connectivity index (χ1) is 8.34. The number of nitrogens with zero attached hydrogens (tertiary/aromatic N) is 1. The highest BCUT2D eigenvalue weighted by Crippen LogP contribution is 2.29. The zero-order chi connectivity index (χ0) is 11.7. The van der Waals surface area contributed by atoms with Crippen molar-refractivity contribution in [3.63, 3.8) is 0 Å². The van der Waals surface area contributed by atoms with Crippen LogP contribution in [0.3, 0.4) is 0 Å². The van der Waals surface area contributed by atoms with E-state index in [1.807, 2.05) is 30.3 Å². The van der Waals surface area contributed by atoms with E-state index >= 15 is 0 Å². The molecule has 0 saturated heterocycles. The summed E-state index contributed by atoms with van der Waals surface area (Å²) in [6.45, 7) is 0. The molecule has 84 valence electrons. The molecule has 0 aliphatic carbocycles. The van der Waals surface area contributed by atoms with Gasteiger partial charge in [-0.3, -0.25) is 9.78 Å². The Labute approximate surface area is 98.7 Å². The number of fused-ring (bicyclic) bond motifs is 1. The first kappa shape index (κ1) is 10.0. The van der Waals surface area contributed by atoms with Gasteiger partial charge in [0.2, 0.25) is 0 Å². The number of benzene rings is 1. The lowest BCUT2D eigenvalue weighted by Gasteiger charge is -2.19. The van der Waals surface area contributed by atoms with Gasteiger partial charge in [-0.2, -0.15) is 0 Å². The van der Waals surface area contributed by atoms with Gasteiger partial charge in [0, 0.05) is 23.2 Å². The van der Waals surface area contributed by atoms with Crippen LogP contribution >= 0.6 is 0 Å². The molecule has 1 unspecified atom stereocenters. The van der Waals surface area contributed by atoms with Crippen molar-refractivity contribution in [3.8, 4) is 0 Å². The van der Waals surface area contributed by atoms with Crippen LogP contribution in [0.25, 0.3) is 10.9 Å². The molecular formula is C14H11NO2. The normalized spacial score (nSPS) is 19.3. The summed E-state index contributed by atoms with van der Waals surface area (Å²) in [5.74, 6) is 0.0918. The Morgan fingerprint density at radius 2 is 2.12 bits per heavy atom. The lowest BCUT2D eigenvalue weighted by Crippen LogP contribution is -2.11. The zero-order valence-electron chi connectivity index (χ0n) is 9.17. The Kier molecular flexibility index (Phi) is 2.37. The highest BCUT2D eigenvalue weighted by molar-refractivity contribution is 5.91. The minimum absolute atomic E-state index is 0.0918. The molecule has 0 N–H and O–H groups in total. The first-order valence-electron chi connectivity index (χ1n) is 5.53. The van der Waals surface area contributed by atoms with Crippen LogP contribution in [0.2, 0.25) is 0 Å². The lowest BCUT2D eigenvalue weighted by atomic mass is 10.00. The number of carbonyl (C=O) groups is 1. The third kappa shape index (κ3) is 1.80. The number of rotatable bonds is 1. The molecule has 2 heterocycles. The Bertz CT molecular complexity index is 599. The van der Waals surface area contributed by atoms with Gasteiger partial charge in [-0.05, 0) is 6.07 Å². The van der Waals surface area contributed by atoms with E-state index in [0.29, 0.717) is 6.42 Å². The summed E-state index contributed by atoms with van der Waals surface area (Å²) in [4.78, 5) is 15.8. The Hall–Kier alpha value is -2.16. The van der Waals surface area contributed by atoms with Gasteiger partial charge in [-0.25, -0.2) is 0 Å². The number of ether oxygens (including phenoxy) is 1. The minimum Gasteiger partial charge on any atom is -0.493 e. The van der Waals surface area contributed by atoms with Crippen LogP contribution in [-0.2, 0) is 9.53 Å². The summed E-state index contributed by atoms with van der Waals surface area (Å²) in [6.07, 6.45) is 4.86. The lowest BCUT2D eigenvalue weighted by molar-refractivity contribution is -0.118. The summed E-state index contributed by atoms with van der Waals surface area (Å²) in [5, 5.41) is 1.07. The molecular weight excluding hydrogens is 214 g/mol. The van der Waals surface area contributed by atoms with Gasteiger partial charge in [-0.15, -0.1) is 0 Å². The number of ketones is 1. The predicted octanol–water partition coefficient (Wildman–Crippen LogP) is 2.78. The van der Waals surface area contributed by atoms with Gasteiger partial charge >= 0.3 is 0 Å². The second-order valence-electron chi connectivity index (χ2n) is 4.02. The molecule has 0 fully saturated rings. The average Bonchev–Trinajstić information content (AvgIpc) is 2.38. The number of carbonyl (C=O) groups excluding carboxylic acids is 1. The van der Waals surface area contributed by atoms with Crippen LogP contribution in [0, 0.1) is 0 Å². The Morgan fingerprint density at radius 1 is 1.24 bits per heavy atom. The molecule has 1 aromatic carbocycles. The van der Waals surface area contributed by atoms with E-state index in [1.165, 1.54) is 12.3 Å². The van der Waals surface area contributed by atoms with Crippen LogP contribution in [-0.4, -0.2) is 10.8 Å². The number of hydrogen-bond donors (Lipinski definition) is 0. The molecule has 0 amide bonds. The molecule has 0 radical (unpaired) electrons. The minimum atomic E-state index is -0.217. The van der Waals surface area contributed by atoms with Crippen molar-refractivity contribution >= 4 is 16.7 Å². The fourth-order valence-corrected chi connectivity index (χ4v) is 2.08. The molecule has 1 aliphatic heterocycles. The molecule has 2 aromatic rings. The fourth-order valence-electron chi connectivity index (χ4n) is 2.08. The van der Waals surface area contributed by atoms with E-state index in [0.717, 1.165) is 16.5 Å². The molecule has 3 rings (SSSR count). The number of pyridine rings is 1. The first-order valence-corrected chi connectivity index (χ1v) is 5.53. The van der Waals surface area contributed by atoms with Crippen molar-refractivity contribution in [2.75, 3.05) is 0 Å². The van der Waals surface area contributed by atoms with E-state index in [9.17, 15) is 4.79 Å². The summed E-state index contributed by atoms with van der Waals surface area (Å²) in [7, 11) is 0. The van der Waals surface area contributed by atoms with Crippen molar-refractivity contribution in [1.82, 2.24) is 4.98 Å². The van der Waals surface area contributed by atoms with E-state index in [-0.39, 0.29) is 11.9 Å². The third-order valence-corrected chi connectivity index (χ3v) is 2.89. The summed E-state index contributed by atoms with van der Waals surface area (Å²) >= 11 is 0. The van der Waals surface area contributed by atoms with Crippen LogP contribution in [0.1, 0.15) is 18.1 Å². The maximum atomic E-state index is 11.4. The second-order valence-corrected chi connectivity index (χ2v) is 4.02. The topological polar surface area (TPSA) is 39.2 Å². The Morgan fingerprint density at radius 3 is 3.00 bits per heavy atom. The van der Waals surface area contributed by atoms with Crippen LogP contribution in [0.5, 0.6) is 0 Å². The van der Waals surface area contributed by atoms with Gasteiger partial charge < -0.3 is 4.74 Å². The van der Waals surface area contributed by atoms with Crippen molar-refractivity contribution < 1.29 is 9.53 Å². The largest absolute Gasteiger partial charge is 0.493 e. The number of aromatic nitrogens is 1. The van der Waals surface area contributed by atoms with E-state index in [2.05, 4.69) is 4.98 Å². The van der Waals surface area contributed by atoms with Crippen LogP contribution in [0.15, 0.2) is 48.9 Å². The molecule has 3 heteroatoms. The van der Waals surface area contributed by atoms with Crippen LogP contribution in [0.4, 0.5) is 0 Å². The van der Waals surface area contributed by atoms with Crippen LogP contribution < -0.4 is 0 Å². The molecule has 1 aliphatic rings. The average molecular weight is 225 g/mol. The fraction of sp³-hybridized carbons (Fsp3) is 0.143. The predicted molar refractivity (Wildman–Crippen MR) is 64.3 cm³/mol. The smallest absolute Gasteiger partial charge is 0.162 e. The van der Waals surface area contributed by atoms with Gasteiger partial charge in [0.15, 0.2) is 5.78 Å². The standard InChI is InChI=1S/C14H11NO2/c16-11-6-8-17-13(9-11)12-5-1-3-10-4-2-7-15-14(10)12/h1-8,13H,9H2. The Balaban J connectivity index is 2.11.